The van der Waals surface area contributed by atoms with Crippen molar-refractivity contribution < 1.29 is 30.0 Å². The van der Waals surface area contributed by atoms with Crippen molar-refractivity contribution in [1.29, 1.82) is 5.26 Å². The van der Waals surface area contributed by atoms with Crippen LogP contribution in [-0.2, 0) is 11.2 Å². The summed E-state index contributed by atoms with van der Waals surface area (Å²) in [5, 5.41) is 53.0. The number of phenolic OH excluding ortho intramolecular Hbond substituents is 1. The predicted molar refractivity (Wildman–Crippen MR) is 140 cm³/mol. The zero-order valence-corrected chi connectivity index (χ0v) is 21.7. The molecule has 1 amide bonds. The van der Waals surface area contributed by atoms with E-state index < -0.39 is 36.7 Å². The third kappa shape index (κ3) is 7.72. The number of carbonyl (C=O) groups excluding carboxylic acids is 1. The van der Waals surface area contributed by atoms with E-state index in [0.717, 1.165) is 0 Å². The number of aromatic hydroxyl groups is 1. The molecule has 0 radical (unpaired) electrons. The molecule has 2 unspecified atom stereocenters. The lowest BCUT2D eigenvalue weighted by Gasteiger charge is -2.20. The van der Waals surface area contributed by atoms with Crippen LogP contribution in [0.1, 0.15) is 40.4 Å². The zero-order chi connectivity index (χ0) is 27.8. The number of rotatable bonds is 9. The fourth-order valence-corrected chi connectivity index (χ4v) is 4.69. The number of β-amino-alcohol motifs (C(OH)–C–C–N with tert-alkyl or cyclic N) is 1. The number of aryl methyl sites for hydroxylation is 1. The van der Waals surface area contributed by atoms with Crippen LogP contribution in [0, 0.1) is 11.5 Å². The van der Waals surface area contributed by atoms with Gasteiger partial charge in [0.15, 0.2) is 6.19 Å². The Bertz CT molecular complexity index is 1230. The van der Waals surface area contributed by atoms with Crippen LogP contribution in [0.25, 0.3) is 0 Å². The number of hydrogen-bond acceptors (Lipinski definition) is 7. The number of likely N-dealkylation sites (tertiary alicyclic amines) is 1. The fraction of sp³-hybridized carbons (Fsp3) is 0.360. The minimum absolute atomic E-state index is 0.00220. The molecular weight excluding hydrogens is 537 g/mol. The summed E-state index contributed by atoms with van der Waals surface area (Å²) in [6, 6.07) is 7.86. The van der Waals surface area contributed by atoms with Gasteiger partial charge in [0.1, 0.15) is 11.8 Å². The lowest BCUT2D eigenvalue weighted by atomic mass is 10.00. The molecule has 2 aromatic carbocycles. The van der Waals surface area contributed by atoms with Crippen molar-refractivity contribution in [3.05, 3.63) is 63.1 Å². The number of nitrogens with zero attached hydrogens (tertiary/aromatic N) is 3. The third-order valence-corrected chi connectivity index (χ3v) is 6.54. The van der Waals surface area contributed by atoms with Gasteiger partial charge in [0, 0.05) is 13.1 Å². The first-order valence-corrected chi connectivity index (χ1v) is 12.5. The van der Waals surface area contributed by atoms with Crippen molar-refractivity contribution in [2.45, 2.75) is 37.5 Å². The van der Waals surface area contributed by atoms with Gasteiger partial charge in [-0.2, -0.15) is 5.26 Å². The molecule has 0 aliphatic carbocycles. The number of aliphatic imine (C=N–C) groups is 1. The Hall–Kier alpha value is -3.56. The molecule has 0 saturated carbocycles. The summed E-state index contributed by atoms with van der Waals surface area (Å²) in [4.78, 5) is 30.4. The van der Waals surface area contributed by atoms with E-state index >= 15 is 0 Å². The summed E-state index contributed by atoms with van der Waals surface area (Å²) in [5.74, 6) is -2.04. The van der Waals surface area contributed by atoms with Gasteiger partial charge >= 0.3 is 5.97 Å². The van der Waals surface area contributed by atoms with E-state index in [1.165, 1.54) is 24.3 Å². The third-order valence-electron chi connectivity index (χ3n) is 5.95. The van der Waals surface area contributed by atoms with Gasteiger partial charge in [0.25, 0.3) is 5.91 Å². The maximum atomic E-state index is 12.9. The molecule has 1 heterocycles. The Kier molecular flexibility index (Phi) is 10.2. The fourth-order valence-electron chi connectivity index (χ4n) is 3.99. The zero-order valence-electron chi connectivity index (χ0n) is 20.1. The molecule has 0 spiro atoms. The van der Waals surface area contributed by atoms with Crippen LogP contribution >= 0.6 is 23.2 Å². The van der Waals surface area contributed by atoms with E-state index in [-0.39, 0.29) is 33.9 Å². The lowest BCUT2D eigenvalue weighted by molar-refractivity contribution is -0.138. The predicted octanol–water partition coefficient (Wildman–Crippen LogP) is 2.04. The van der Waals surface area contributed by atoms with Gasteiger partial charge in [-0.05, 0) is 54.7 Å². The number of nitriles is 1. The average Bonchev–Trinajstić information content (AvgIpc) is 3.29. The number of carboxylic acids is 1. The highest BCUT2D eigenvalue weighted by Crippen LogP contribution is 2.29. The first-order valence-electron chi connectivity index (χ1n) is 11.7. The number of aliphatic carboxylic acids is 1. The second kappa shape index (κ2) is 13.3. The molecule has 11 nitrogen and oxygen atoms in total. The number of aliphatic hydroxyl groups excluding tert-OH is 2. The number of benzene rings is 2. The number of aliphatic hydroxyl groups is 2. The highest BCUT2D eigenvalue weighted by atomic mass is 35.5. The number of carbonyl (C=O) groups is 2. The van der Waals surface area contributed by atoms with Crippen molar-refractivity contribution in [3.8, 4) is 11.9 Å². The Morgan fingerprint density at radius 3 is 2.53 bits per heavy atom. The molecule has 13 heteroatoms. The summed E-state index contributed by atoms with van der Waals surface area (Å²) >= 11 is 12.6. The Balaban J connectivity index is 1.68. The van der Waals surface area contributed by atoms with Gasteiger partial charge in [0.05, 0.1) is 34.4 Å². The maximum Gasteiger partial charge on any atom is 0.328 e. The van der Waals surface area contributed by atoms with Crippen LogP contribution in [-0.4, -0.2) is 74.9 Å². The molecule has 0 bridgehead atoms. The van der Waals surface area contributed by atoms with Crippen molar-refractivity contribution in [2.75, 3.05) is 19.6 Å². The topological polar surface area (TPSA) is 179 Å². The molecule has 1 saturated heterocycles. The second-order valence-corrected chi connectivity index (χ2v) is 9.55. The smallest absolute Gasteiger partial charge is 0.328 e. The van der Waals surface area contributed by atoms with Crippen molar-refractivity contribution in [1.82, 2.24) is 15.5 Å². The van der Waals surface area contributed by atoms with Crippen molar-refractivity contribution in [2.24, 2.45) is 4.99 Å². The highest BCUT2D eigenvalue weighted by Gasteiger charge is 2.26. The molecule has 202 valence electrons. The Morgan fingerprint density at radius 1 is 1.24 bits per heavy atom. The molecule has 0 aromatic heterocycles. The number of guanidine groups is 1. The van der Waals surface area contributed by atoms with E-state index in [1.54, 1.807) is 23.2 Å². The van der Waals surface area contributed by atoms with Gasteiger partial charge < -0.3 is 30.6 Å². The van der Waals surface area contributed by atoms with Gasteiger partial charge in [-0.3, -0.25) is 10.1 Å². The van der Waals surface area contributed by atoms with Crippen LogP contribution in [0.15, 0.2) is 41.4 Å². The van der Waals surface area contributed by atoms with Gasteiger partial charge in [-0.25, -0.2) is 9.79 Å². The molecule has 3 rings (SSSR count). The number of phenols is 1. The van der Waals surface area contributed by atoms with Crippen LogP contribution in [0.5, 0.6) is 5.75 Å². The molecular formula is C25H27Cl2N5O6. The Labute approximate surface area is 228 Å². The molecule has 38 heavy (non-hydrogen) atoms. The number of hydrogen-bond donors (Lipinski definition) is 6. The van der Waals surface area contributed by atoms with E-state index in [4.69, 9.17) is 28.5 Å². The molecule has 1 aliphatic heterocycles. The Morgan fingerprint density at radius 2 is 1.95 bits per heavy atom. The van der Waals surface area contributed by atoms with E-state index in [9.17, 15) is 30.0 Å². The van der Waals surface area contributed by atoms with Crippen LogP contribution < -0.4 is 10.6 Å². The maximum absolute atomic E-state index is 12.9. The largest absolute Gasteiger partial charge is 0.508 e. The van der Waals surface area contributed by atoms with Gasteiger partial charge in [0.2, 0.25) is 5.96 Å². The highest BCUT2D eigenvalue weighted by molar-refractivity contribution is 6.39. The number of nitrogens with one attached hydrogen (secondary N) is 2. The molecule has 1 fully saturated rings. The second-order valence-electron chi connectivity index (χ2n) is 8.74. The average molecular weight is 564 g/mol. The number of amides is 1. The van der Waals surface area contributed by atoms with Crippen molar-refractivity contribution in [3.63, 3.8) is 0 Å². The van der Waals surface area contributed by atoms with Crippen LogP contribution in [0.3, 0.4) is 0 Å². The first-order chi connectivity index (χ1) is 18.1. The van der Waals surface area contributed by atoms with Gasteiger partial charge in [-0.1, -0.05) is 35.3 Å². The van der Waals surface area contributed by atoms with E-state index in [1.807, 2.05) is 0 Å². The molecule has 6 N–H and O–H groups in total. The minimum Gasteiger partial charge on any atom is -0.508 e. The summed E-state index contributed by atoms with van der Waals surface area (Å²) < 4.78 is 0. The normalized spacial score (nSPS) is 17.0. The molecule has 2 aromatic rings. The standard InChI is InChI=1S/C25H27Cl2N5O6/c26-18-8-14(4-5-21(35)15-2-1-3-16(33)10-15)9-19(27)22(18)23(36)31-20(24(37)38)11-29-25(30-13-28)32-7-6-17(34)12-32/h1-3,8-10,17,20-21,33-35H,4-7,11-12H2,(H,29,30)(H,31,36)(H,37,38)/t17-,20?,21?/m0/s1. The summed E-state index contributed by atoms with van der Waals surface area (Å²) in [6.45, 7) is 0.277. The monoisotopic (exact) mass is 563 g/mol. The SMILES string of the molecule is N#CNC(=NCC(NC(=O)c1c(Cl)cc(CCC(O)c2cccc(O)c2)cc1Cl)C(=O)O)N1CC[C@H](O)C1. The molecule has 1 aliphatic rings. The van der Waals surface area contributed by atoms with Crippen LogP contribution in [0.4, 0.5) is 0 Å². The van der Waals surface area contributed by atoms with Crippen LogP contribution in [0.2, 0.25) is 10.0 Å². The summed E-state index contributed by atoms with van der Waals surface area (Å²) in [5.41, 5.74) is 1.09. The van der Waals surface area contributed by atoms with Crippen molar-refractivity contribution >= 4 is 41.0 Å². The first kappa shape index (κ1) is 29.0. The summed E-state index contributed by atoms with van der Waals surface area (Å²) in [7, 11) is 0. The number of halogens is 2. The number of carboxylic acid groups (broad SMARTS) is 1. The van der Waals surface area contributed by atoms with Gasteiger partial charge in [-0.15, -0.1) is 0 Å². The summed E-state index contributed by atoms with van der Waals surface area (Å²) in [6.07, 6.45) is 1.44. The lowest BCUT2D eigenvalue weighted by Crippen LogP contribution is -2.45. The van der Waals surface area contributed by atoms with E-state index in [0.29, 0.717) is 36.9 Å². The quantitative estimate of drug-likeness (QED) is 0.115. The minimum atomic E-state index is -1.45. The van der Waals surface area contributed by atoms with E-state index in [2.05, 4.69) is 15.6 Å². The molecule has 3 atom stereocenters.